The molecule has 82 valence electrons. The lowest BCUT2D eigenvalue weighted by Crippen LogP contribution is -2.09. The molecular weight excluding hydrogens is 200 g/mol. The normalized spacial score (nSPS) is 10.3. The van der Waals surface area contributed by atoms with E-state index in [0.717, 1.165) is 30.0 Å². The Morgan fingerprint density at radius 3 is 2.94 bits per heavy atom. The SMILES string of the molecule is CNCc1ccnc(Cc2cccnc2)n1. The Morgan fingerprint density at radius 2 is 2.19 bits per heavy atom. The van der Waals surface area contributed by atoms with E-state index in [1.807, 2.05) is 31.4 Å². The molecule has 2 heterocycles. The number of aromatic nitrogens is 3. The fraction of sp³-hybridized carbons (Fsp3) is 0.250. The van der Waals surface area contributed by atoms with Crippen LogP contribution in [0.25, 0.3) is 0 Å². The van der Waals surface area contributed by atoms with Crippen LogP contribution in [0.4, 0.5) is 0 Å². The summed E-state index contributed by atoms with van der Waals surface area (Å²) < 4.78 is 0. The van der Waals surface area contributed by atoms with Crippen LogP contribution < -0.4 is 5.32 Å². The van der Waals surface area contributed by atoms with Crippen molar-refractivity contribution in [3.8, 4) is 0 Å². The first-order valence-corrected chi connectivity index (χ1v) is 5.23. The molecule has 2 rings (SSSR count). The second-order valence-electron chi connectivity index (χ2n) is 3.53. The van der Waals surface area contributed by atoms with E-state index in [4.69, 9.17) is 0 Å². The van der Waals surface area contributed by atoms with E-state index in [9.17, 15) is 0 Å². The quantitative estimate of drug-likeness (QED) is 0.830. The zero-order valence-electron chi connectivity index (χ0n) is 9.22. The molecule has 0 atom stereocenters. The van der Waals surface area contributed by atoms with Crippen molar-refractivity contribution in [2.24, 2.45) is 0 Å². The standard InChI is InChI=1S/C12H14N4/c1-13-9-11-4-6-15-12(16-11)7-10-3-2-5-14-8-10/h2-6,8,13H,7,9H2,1H3. The van der Waals surface area contributed by atoms with Crippen molar-refractivity contribution < 1.29 is 0 Å². The highest BCUT2D eigenvalue weighted by Crippen LogP contribution is 2.04. The highest BCUT2D eigenvalue weighted by Gasteiger charge is 2.00. The van der Waals surface area contributed by atoms with Gasteiger partial charge in [0.1, 0.15) is 5.82 Å². The first-order chi connectivity index (χ1) is 7.88. The Balaban J connectivity index is 2.12. The second-order valence-corrected chi connectivity index (χ2v) is 3.53. The van der Waals surface area contributed by atoms with E-state index in [0.29, 0.717) is 0 Å². The van der Waals surface area contributed by atoms with Gasteiger partial charge in [-0.2, -0.15) is 0 Å². The lowest BCUT2D eigenvalue weighted by Gasteiger charge is -2.03. The maximum Gasteiger partial charge on any atom is 0.133 e. The predicted octanol–water partition coefficient (Wildman–Crippen LogP) is 1.18. The molecule has 1 N–H and O–H groups in total. The Labute approximate surface area is 94.8 Å². The van der Waals surface area contributed by atoms with Gasteiger partial charge in [0.2, 0.25) is 0 Å². The van der Waals surface area contributed by atoms with Crippen LogP contribution in [0.15, 0.2) is 36.8 Å². The molecule has 0 saturated heterocycles. The number of nitrogens with one attached hydrogen (secondary N) is 1. The highest BCUT2D eigenvalue weighted by molar-refractivity contribution is 5.15. The molecule has 2 aromatic rings. The van der Waals surface area contributed by atoms with Gasteiger partial charge in [0.05, 0.1) is 5.69 Å². The smallest absolute Gasteiger partial charge is 0.133 e. The largest absolute Gasteiger partial charge is 0.314 e. The zero-order valence-corrected chi connectivity index (χ0v) is 9.22. The van der Waals surface area contributed by atoms with Gasteiger partial charge in [-0.15, -0.1) is 0 Å². The maximum atomic E-state index is 4.46. The van der Waals surface area contributed by atoms with Crippen LogP contribution in [0, 0.1) is 0 Å². The fourth-order valence-corrected chi connectivity index (χ4v) is 1.49. The van der Waals surface area contributed by atoms with Crippen LogP contribution in [0.2, 0.25) is 0 Å². The molecule has 4 nitrogen and oxygen atoms in total. The van der Waals surface area contributed by atoms with E-state index in [2.05, 4.69) is 20.3 Å². The van der Waals surface area contributed by atoms with E-state index in [1.54, 1.807) is 12.4 Å². The minimum Gasteiger partial charge on any atom is -0.314 e. The van der Waals surface area contributed by atoms with Gasteiger partial charge in [0.25, 0.3) is 0 Å². The number of hydrogen-bond donors (Lipinski definition) is 1. The van der Waals surface area contributed by atoms with Crippen molar-refractivity contribution >= 4 is 0 Å². The molecule has 2 aromatic heterocycles. The average molecular weight is 214 g/mol. The molecule has 0 amide bonds. The van der Waals surface area contributed by atoms with Crippen LogP contribution in [0.3, 0.4) is 0 Å². The van der Waals surface area contributed by atoms with Crippen LogP contribution >= 0.6 is 0 Å². The van der Waals surface area contributed by atoms with Gasteiger partial charge in [-0.1, -0.05) is 6.07 Å². The summed E-state index contributed by atoms with van der Waals surface area (Å²) in [4.78, 5) is 12.8. The van der Waals surface area contributed by atoms with Gasteiger partial charge in [-0.05, 0) is 24.7 Å². The third-order valence-corrected chi connectivity index (χ3v) is 2.21. The van der Waals surface area contributed by atoms with E-state index < -0.39 is 0 Å². The van der Waals surface area contributed by atoms with Crippen molar-refractivity contribution in [1.82, 2.24) is 20.3 Å². The number of pyridine rings is 1. The summed E-state index contributed by atoms with van der Waals surface area (Å²) in [6.45, 7) is 0.766. The lowest BCUT2D eigenvalue weighted by molar-refractivity contribution is 0.772. The molecule has 0 unspecified atom stereocenters. The maximum absolute atomic E-state index is 4.46. The fourth-order valence-electron chi connectivity index (χ4n) is 1.49. The third-order valence-electron chi connectivity index (χ3n) is 2.21. The van der Waals surface area contributed by atoms with E-state index in [1.165, 1.54) is 0 Å². The molecule has 0 bridgehead atoms. The zero-order chi connectivity index (χ0) is 11.2. The molecule has 0 fully saturated rings. The Kier molecular flexibility index (Phi) is 3.56. The van der Waals surface area contributed by atoms with Crippen LogP contribution in [-0.4, -0.2) is 22.0 Å². The summed E-state index contributed by atoms with van der Waals surface area (Å²) in [5.74, 6) is 0.834. The second kappa shape index (κ2) is 5.32. The van der Waals surface area contributed by atoms with Gasteiger partial charge in [-0.3, -0.25) is 4.98 Å². The topological polar surface area (TPSA) is 50.7 Å². The average Bonchev–Trinajstić information content (AvgIpc) is 2.31. The van der Waals surface area contributed by atoms with Crippen molar-refractivity contribution in [3.05, 3.63) is 53.9 Å². The van der Waals surface area contributed by atoms with Crippen LogP contribution in [0.5, 0.6) is 0 Å². The Bertz CT molecular complexity index is 442. The summed E-state index contributed by atoms with van der Waals surface area (Å²) in [7, 11) is 1.91. The monoisotopic (exact) mass is 214 g/mol. The molecule has 0 aromatic carbocycles. The van der Waals surface area contributed by atoms with Crippen molar-refractivity contribution in [3.63, 3.8) is 0 Å². The molecule has 4 heteroatoms. The van der Waals surface area contributed by atoms with Gasteiger partial charge in [0, 0.05) is 31.6 Å². The molecule has 0 aliphatic rings. The summed E-state index contributed by atoms with van der Waals surface area (Å²) in [6, 6.07) is 5.87. The lowest BCUT2D eigenvalue weighted by atomic mass is 10.2. The minimum atomic E-state index is 0.728. The van der Waals surface area contributed by atoms with E-state index in [-0.39, 0.29) is 0 Å². The molecule has 0 aliphatic carbocycles. The minimum absolute atomic E-state index is 0.728. The highest BCUT2D eigenvalue weighted by atomic mass is 14.9. The third kappa shape index (κ3) is 2.84. The molecule has 0 saturated carbocycles. The van der Waals surface area contributed by atoms with Crippen molar-refractivity contribution in [2.45, 2.75) is 13.0 Å². The predicted molar refractivity (Wildman–Crippen MR) is 61.8 cm³/mol. The van der Waals surface area contributed by atoms with Crippen LogP contribution in [-0.2, 0) is 13.0 Å². The Morgan fingerprint density at radius 1 is 1.25 bits per heavy atom. The number of hydrogen-bond acceptors (Lipinski definition) is 4. The summed E-state index contributed by atoms with van der Waals surface area (Å²) >= 11 is 0. The molecule has 16 heavy (non-hydrogen) atoms. The Hall–Kier alpha value is -1.81. The molecule has 0 spiro atoms. The first kappa shape index (κ1) is 10.7. The number of rotatable bonds is 4. The van der Waals surface area contributed by atoms with Crippen molar-refractivity contribution in [1.29, 1.82) is 0 Å². The molecule has 0 aliphatic heterocycles. The van der Waals surface area contributed by atoms with Gasteiger partial charge < -0.3 is 5.32 Å². The van der Waals surface area contributed by atoms with Gasteiger partial charge in [-0.25, -0.2) is 9.97 Å². The molecular formula is C12H14N4. The summed E-state index contributed by atoms with van der Waals surface area (Å²) in [5.41, 5.74) is 2.14. The summed E-state index contributed by atoms with van der Waals surface area (Å²) in [6.07, 6.45) is 6.13. The molecule has 0 radical (unpaired) electrons. The van der Waals surface area contributed by atoms with Gasteiger partial charge in [0.15, 0.2) is 0 Å². The summed E-state index contributed by atoms with van der Waals surface area (Å²) in [5, 5.41) is 3.07. The number of nitrogens with zero attached hydrogens (tertiary/aromatic N) is 3. The van der Waals surface area contributed by atoms with Crippen molar-refractivity contribution in [2.75, 3.05) is 7.05 Å². The van der Waals surface area contributed by atoms with Crippen LogP contribution in [0.1, 0.15) is 17.1 Å². The first-order valence-electron chi connectivity index (χ1n) is 5.23. The van der Waals surface area contributed by atoms with Gasteiger partial charge >= 0.3 is 0 Å². The van der Waals surface area contributed by atoms with E-state index >= 15 is 0 Å².